The fourth-order valence-corrected chi connectivity index (χ4v) is 3.23. The van der Waals surface area contributed by atoms with Gasteiger partial charge in [0.25, 0.3) is 5.91 Å². The Morgan fingerprint density at radius 1 is 0.960 bits per heavy atom. The van der Waals surface area contributed by atoms with Gasteiger partial charge in [0.2, 0.25) is 0 Å². The summed E-state index contributed by atoms with van der Waals surface area (Å²) in [6, 6.07) is 20.3. The Morgan fingerprint density at radius 2 is 1.60 bits per heavy atom. The zero-order chi connectivity index (χ0) is 17.5. The number of carbonyl (C=O) groups is 1. The van der Waals surface area contributed by atoms with Crippen molar-refractivity contribution >= 4 is 12.0 Å². The summed E-state index contributed by atoms with van der Waals surface area (Å²) >= 11 is 0. The van der Waals surface area contributed by atoms with Gasteiger partial charge in [-0.2, -0.15) is 5.26 Å². The van der Waals surface area contributed by atoms with E-state index < -0.39 is 0 Å². The lowest BCUT2D eigenvalue weighted by Gasteiger charge is -2.22. The first-order chi connectivity index (χ1) is 12.3. The molecule has 3 nitrogen and oxygen atoms in total. The number of rotatable bonds is 4. The van der Waals surface area contributed by atoms with Crippen LogP contribution in [0.5, 0.6) is 0 Å². The summed E-state index contributed by atoms with van der Waals surface area (Å²) in [4.78, 5) is 12.3. The molecule has 0 aliphatic heterocycles. The third-order valence-corrected chi connectivity index (χ3v) is 4.63. The Labute approximate surface area is 149 Å². The highest BCUT2D eigenvalue weighted by atomic mass is 16.1. The summed E-state index contributed by atoms with van der Waals surface area (Å²) < 4.78 is 0. The van der Waals surface area contributed by atoms with Crippen LogP contribution in [0.15, 0.2) is 60.2 Å². The molecule has 3 heteroatoms. The molecular formula is C22H22N2O. The summed E-state index contributed by atoms with van der Waals surface area (Å²) in [5.74, 6) is -0.262. The van der Waals surface area contributed by atoms with Crippen LogP contribution < -0.4 is 5.32 Å². The minimum absolute atomic E-state index is 0.165. The molecule has 1 aliphatic rings. The first kappa shape index (κ1) is 17.0. The maximum atomic E-state index is 12.3. The molecule has 0 atom stereocenters. The van der Waals surface area contributed by atoms with Gasteiger partial charge in [0.05, 0.1) is 0 Å². The van der Waals surface area contributed by atoms with Crippen LogP contribution >= 0.6 is 0 Å². The van der Waals surface area contributed by atoms with Crippen molar-refractivity contribution in [2.75, 3.05) is 0 Å². The monoisotopic (exact) mass is 330 g/mol. The molecule has 0 aromatic heterocycles. The molecule has 1 aliphatic carbocycles. The van der Waals surface area contributed by atoms with Crippen molar-refractivity contribution < 1.29 is 4.79 Å². The smallest absolute Gasteiger partial charge is 0.262 e. The molecule has 0 heterocycles. The Morgan fingerprint density at radius 3 is 2.24 bits per heavy atom. The molecule has 2 aromatic rings. The second kappa shape index (κ2) is 8.30. The highest BCUT2D eigenvalue weighted by Crippen LogP contribution is 2.21. The van der Waals surface area contributed by atoms with Gasteiger partial charge in [-0.05, 0) is 35.6 Å². The van der Waals surface area contributed by atoms with Gasteiger partial charge in [-0.15, -0.1) is 0 Å². The van der Waals surface area contributed by atoms with Gasteiger partial charge in [-0.25, -0.2) is 0 Å². The van der Waals surface area contributed by atoms with Crippen molar-refractivity contribution in [2.24, 2.45) is 0 Å². The molecule has 1 amide bonds. The van der Waals surface area contributed by atoms with E-state index in [1.807, 2.05) is 48.5 Å². The number of nitrogens with one attached hydrogen (secondary N) is 1. The average molecular weight is 330 g/mol. The molecule has 25 heavy (non-hydrogen) atoms. The van der Waals surface area contributed by atoms with Crippen LogP contribution in [-0.4, -0.2) is 11.9 Å². The van der Waals surface area contributed by atoms with Crippen LogP contribution in [0.25, 0.3) is 17.2 Å². The number of benzene rings is 2. The molecule has 126 valence electrons. The molecular weight excluding hydrogens is 308 g/mol. The molecule has 0 radical (unpaired) electrons. The highest BCUT2D eigenvalue weighted by molar-refractivity contribution is 6.01. The molecule has 2 aromatic carbocycles. The molecule has 0 bridgehead atoms. The second-order valence-corrected chi connectivity index (χ2v) is 6.47. The topological polar surface area (TPSA) is 52.9 Å². The summed E-state index contributed by atoms with van der Waals surface area (Å²) in [7, 11) is 0. The first-order valence-electron chi connectivity index (χ1n) is 8.84. The normalized spacial score (nSPS) is 15.4. The van der Waals surface area contributed by atoms with Gasteiger partial charge in [-0.3, -0.25) is 4.79 Å². The summed E-state index contributed by atoms with van der Waals surface area (Å²) in [5.41, 5.74) is 3.28. The Balaban J connectivity index is 1.71. The Hall–Kier alpha value is -2.86. The average Bonchev–Trinajstić information content (AvgIpc) is 2.68. The molecule has 1 N–H and O–H groups in total. The van der Waals surface area contributed by atoms with Crippen molar-refractivity contribution in [3.63, 3.8) is 0 Å². The van der Waals surface area contributed by atoms with Crippen molar-refractivity contribution in [3.8, 4) is 17.2 Å². The summed E-state index contributed by atoms with van der Waals surface area (Å²) in [6.45, 7) is 0. The van der Waals surface area contributed by atoms with Crippen molar-refractivity contribution in [1.29, 1.82) is 5.26 Å². The van der Waals surface area contributed by atoms with Crippen LogP contribution in [0, 0.1) is 11.3 Å². The molecule has 1 fully saturated rings. The second-order valence-electron chi connectivity index (χ2n) is 6.47. The van der Waals surface area contributed by atoms with E-state index in [9.17, 15) is 10.1 Å². The van der Waals surface area contributed by atoms with Gasteiger partial charge in [0.15, 0.2) is 0 Å². The molecule has 0 unspecified atom stereocenters. The Kier molecular flexibility index (Phi) is 5.64. The number of carbonyl (C=O) groups excluding carboxylic acids is 1. The maximum Gasteiger partial charge on any atom is 0.262 e. The van der Waals surface area contributed by atoms with Crippen molar-refractivity contribution in [2.45, 2.75) is 38.1 Å². The first-order valence-corrected chi connectivity index (χ1v) is 8.84. The molecule has 3 rings (SSSR count). The van der Waals surface area contributed by atoms with Crippen molar-refractivity contribution in [3.05, 3.63) is 65.7 Å². The Bertz CT molecular complexity index is 779. The van der Waals surface area contributed by atoms with Gasteiger partial charge in [0.1, 0.15) is 11.6 Å². The lowest BCUT2D eigenvalue weighted by atomic mass is 9.95. The van der Waals surface area contributed by atoms with Crippen LogP contribution in [0.4, 0.5) is 0 Å². The minimum Gasteiger partial charge on any atom is -0.349 e. The van der Waals surface area contributed by atoms with E-state index in [1.165, 1.54) is 6.42 Å². The fourth-order valence-electron chi connectivity index (χ4n) is 3.23. The van der Waals surface area contributed by atoms with E-state index in [2.05, 4.69) is 17.4 Å². The predicted octanol–water partition coefficient (Wildman–Crippen LogP) is 4.71. The SMILES string of the molecule is N#CC(=Cc1ccc(-c2ccccc2)cc1)C(=O)NC1CCCCC1. The molecule has 1 saturated carbocycles. The summed E-state index contributed by atoms with van der Waals surface area (Å²) in [6.07, 6.45) is 7.22. The van der Waals surface area contributed by atoms with Crippen LogP contribution in [0.1, 0.15) is 37.7 Å². The van der Waals surface area contributed by atoms with Gasteiger partial charge in [-0.1, -0.05) is 73.9 Å². The van der Waals surface area contributed by atoms with E-state index in [1.54, 1.807) is 6.08 Å². The van der Waals surface area contributed by atoms with Crippen molar-refractivity contribution in [1.82, 2.24) is 5.32 Å². The van der Waals surface area contributed by atoms with E-state index in [4.69, 9.17) is 0 Å². The van der Waals surface area contributed by atoms with E-state index >= 15 is 0 Å². The standard InChI is InChI=1S/C22H22N2O/c23-16-20(22(25)24-21-9-5-2-6-10-21)15-17-11-13-19(14-12-17)18-7-3-1-4-8-18/h1,3-4,7-8,11-15,21H,2,5-6,9-10H2,(H,24,25). The number of nitriles is 1. The summed E-state index contributed by atoms with van der Waals surface area (Å²) in [5, 5.41) is 12.3. The van der Waals surface area contributed by atoms with Gasteiger partial charge >= 0.3 is 0 Å². The lowest BCUT2D eigenvalue weighted by molar-refractivity contribution is -0.117. The van der Waals surface area contributed by atoms with E-state index in [0.717, 1.165) is 42.4 Å². The van der Waals surface area contributed by atoms with E-state index in [0.29, 0.717) is 0 Å². The number of hydrogen-bond acceptors (Lipinski definition) is 2. The van der Waals surface area contributed by atoms with Gasteiger partial charge in [0, 0.05) is 6.04 Å². The zero-order valence-corrected chi connectivity index (χ0v) is 14.2. The van der Waals surface area contributed by atoms with Crippen LogP contribution in [0.2, 0.25) is 0 Å². The predicted molar refractivity (Wildman–Crippen MR) is 100 cm³/mol. The maximum absolute atomic E-state index is 12.3. The van der Waals surface area contributed by atoms with Gasteiger partial charge < -0.3 is 5.32 Å². The fraction of sp³-hybridized carbons (Fsp3) is 0.273. The lowest BCUT2D eigenvalue weighted by Crippen LogP contribution is -2.36. The van der Waals surface area contributed by atoms with E-state index in [-0.39, 0.29) is 17.5 Å². The zero-order valence-electron chi connectivity index (χ0n) is 14.2. The quantitative estimate of drug-likeness (QED) is 0.652. The highest BCUT2D eigenvalue weighted by Gasteiger charge is 2.18. The van der Waals surface area contributed by atoms with Crippen LogP contribution in [-0.2, 0) is 4.79 Å². The molecule has 0 saturated heterocycles. The largest absolute Gasteiger partial charge is 0.349 e. The number of hydrogen-bond donors (Lipinski definition) is 1. The third-order valence-electron chi connectivity index (χ3n) is 4.63. The molecule has 0 spiro atoms. The third kappa shape index (κ3) is 4.58. The number of amides is 1. The number of nitrogens with zero attached hydrogens (tertiary/aromatic N) is 1. The van der Waals surface area contributed by atoms with Crippen LogP contribution in [0.3, 0.4) is 0 Å². The minimum atomic E-state index is -0.262.